The van der Waals surface area contributed by atoms with Crippen molar-refractivity contribution >= 4 is 5.91 Å². The summed E-state index contributed by atoms with van der Waals surface area (Å²) < 4.78 is 0. The average molecular weight is 247 g/mol. The van der Waals surface area contributed by atoms with Gasteiger partial charge in [-0.3, -0.25) is 9.78 Å². The molecule has 4 nitrogen and oxygen atoms in total. The number of carbonyl (C=O) groups excluding carboxylic acids is 1. The first-order chi connectivity index (χ1) is 8.50. The molecule has 1 aromatic heterocycles. The number of amides is 1. The number of nitrogens with zero attached hydrogens (tertiary/aromatic N) is 1. The summed E-state index contributed by atoms with van der Waals surface area (Å²) in [5.41, 5.74) is 7.31. The van der Waals surface area contributed by atoms with Gasteiger partial charge in [0, 0.05) is 18.8 Å². The lowest BCUT2D eigenvalue weighted by molar-refractivity contribution is -0.125. The number of hydrogen-bond donors (Lipinski definition) is 2. The molecule has 1 atom stereocenters. The van der Waals surface area contributed by atoms with Crippen LogP contribution in [0, 0.1) is 5.41 Å². The van der Waals surface area contributed by atoms with E-state index in [0.717, 1.165) is 25.0 Å². The molecule has 98 valence electrons. The highest BCUT2D eigenvalue weighted by Crippen LogP contribution is 2.28. The van der Waals surface area contributed by atoms with Crippen molar-refractivity contribution in [3.05, 3.63) is 29.6 Å². The third-order valence-electron chi connectivity index (χ3n) is 3.65. The van der Waals surface area contributed by atoms with Crippen LogP contribution in [0.5, 0.6) is 0 Å². The van der Waals surface area contributed by atoms with E-state index in [1.54, 1.807) is 0 Å². The van der Waals surface area contributed by atoms with E-state index in [4.69, 9.17) is 5.73 Å². The Bertz CT molecular complexity index is 442. The molecule has 2 rings (SSSR count). The SMILES string of the molecule is CC(C)(CNC1CCCc2cccnc21)C(N)=O. The zero-order valence-electron chi connectivity index (χ0n) is 11.1. The zero-order valence-corrected chi connectivity index (χ0v) is 11.1. The summed E-state index contributed by atoms with van der Waals surface area (Å²) in [7, 11) is 0. The molecule has 0 aromatic carbocycles. The van der Waals surface area contributed by atoms with E-state index in [1.807, 2.05) is 26.1 Å². The zero-order chi connectivity index (χ0) is 13.2. The highest BCUT2D eigenvalue weighted by atomic mass is 16.1. The van der Waals surface area contributed by atoms with Gasteiger partial charge in [0.15, 0.2) is 0 Å². The fourth-order valence-electron chi connectivity index (χ4n) is 2.27. The molecule has 0 aliphatic heterocycles. The predicted molar refractivity (Wildman–Crippen MR) is 70.9 cm³/mol. The van der Waals surface area contributed by atoms with Gasteiger partial charge in [-0.1, -0.05) is 6.07 Å². The minimum Gasteiger partial charge on any atom is -0.369 e. The van der Waals surface area contributed by atoms with Crippen LogP contribution in [0.15, 0.2) is 18.3 Å². The third-order valence-corrected chi connectivity index (χ3v) is 3.65. The lowest BCUT2D eigenvalue weighted by Gasteiger charge is -2.29. The second kappa shape index (κ2) is 5.06. The lowest BCUT2D eigenvalue weighted by atomic mass is 9.89. The third kappa shape index (κ3) is 2.70. The lowest BCUT2D eigenvalue weighted by Crippen LogP contribution is -2.42. The first kappa shape index (κ1) is 13.0. The number of pyridine rings is 1. The molecule has 1 heterocycles. The molecule has 0 fully saturated rings. The Morgan fingerprint density at radius 1 is 1.61 bits per heavy atom. The summed E-state index contributed by atoms with van der Waals surface area (Å²) in [5, 5.41) is 3.44. The largest absolute Gasteiger partial charge is 0.369 e. The molecule has 1 aromatic rings. The standard InChI is InChI=1S/C14H21N3O/c1-14(2,13(15)18)9-17-11-7-3-5-10-6-4-8-16-12(10)11/h4,6,8,11,17H,3,5,7,9H2,1-2H3,(H2,15,18). The van der Waals surface area contributed by atoms with Crippen LogP contribution in [0.2, 0.25) is 0 Å². The van der Waals surface area contributed by atoms with Gasteiger partial charge in [-0.15, -0.1) is 0 Å². The van der Waals surface area contributed by atoms with Crippen molar-refractivity contribution in [2.24, 2.45) is 11.1 Å². The molecule has 18 heavy (non-hydrogen) atoms. The van der Waals surface area contributed by atoms with E-state index in [0.29, 0.717) is 6.54 Å². The van der Waals surface area contributed by atoms with Crippen molar-refractivity contribution in [3.8, 4) is 0 Å². The Kier molecular flexibility index (Phi) is 3.66. The summed E-state index contributed by atoms with van der Waals surface area (Å²) in [6, 6.07) is 4.36. The Balaban J connectivity index is 2.06. The Morgan fingerprint density at radius 3 is 3.11 bits per heavy atom. The number of primary amides is 1. The van der Waals surface area contributed by atoms with Gasteiger partial charge in [0.25, 0.3) is 0 Å². The normalized spacial score (nSPS) is 19.3. The highest BCUT2D eigenvalue weighted by molar-refractivity contribution is 5.80. The van der Waals surface area contributed by atoms with Gasteiger partial charge in [0.2, 0.25) is 5.91 Å². The first-order valence-electron chi connectivity index (χ1n) is 6.48. The van der Waals surface area contributed by atoms with Gasteiger partial charge in [0.1, 0.15) is 0 Å². The van der Waals surface area contributed by atoms with Crippen LogP contribution in [-0.4, -0.2) is 17.4 Å². The molecular weight excluding hydrogens is 226 g/mol. The molecule has 1 amide bonds. The number of nitrogens with two attached hydrogens (primary N) is 1. The summed E-state index contributed by atoms with van der Waals surface area (Å²) in [6.07, 6.45) is 5.16. The number of nitrogens with one attached hydrogen (secondary N) is 1. The number of fused-ring (bicyclic) bond motifs is 1. The van der Waals surface area contributed by atoms with Gasteiger partial charge in [-0.25, -0.2) is 0 Å². The molecule has 4 heteroatoms. The molecule has 0 spiro atoms. The number of carbonyl (C=O) groups is 1. The summed E-state index contributed by atoms with van der Waals surface area (Å²) in [6.45, 7) is 4.32. The quantitative estimate of drug-likeness (QED) is 0.848. The number of hydrogen-bond acceptors (Lipinski definition) is 3. The molecule has 0 saturated heterocycles. The molecule has 1 unspecified atom stereocenters. The molecule has 0 bridgehead atoms. The molecular formula is C14H21N3O. The predicted octanol–water partition coefficient (Wildman–Crippen LogP) is 1.56. The van der Waals surface area contributed by atoms with Gasteiger partial charge in [0.05, 0.1) is 11.1 Å². The van der Waals surface area contributed by atoms with E-state index in [-0.39, 0.29) is 11.9 Å². The van der Waals surface area contributed by atoms with Crippen LogP contribution < -0.4 is 11.1 Å². The minimum absolute atomic E-state index is 0.244. The monoisotopic (exact) mass is 247 g/mol. The smallest absolute Gasteiger partial charge is 0.224 e. The van der Waals surface area contributed by atoms with Crippen LogP contribution >= 0.6 is 0 Å². The van der Waals surface area contributed by atoms with Gasteiger partial charge in [-0.2, -0.15) is 0 Å². The van der Waals surface area contributed by atoms with Gasteiger partial charge < -0.3 is 11.1 Å². The van der Waals surface area contributed by atoms with Crippen molar-refractivity contribution in [1.82, 2.24) is 10.3 Å². The number of aryl methyl sites for hydroxylation is 1. The van der Waals surface area contributed by atoms with Crippen molar-refractivity contribution in [2.75, 3.05) is 6.54 Å². The molecule has 0 saturated carbocycles. The van der Waals surface area contributed by atoms with E-state index >= 15 is 0 Å². The maximum atomic E-state index is 11.3. The van der Waals surface area contributed by atoms with Crippen molar-refractivity contribution < 1.29 is 4.79 Å². The fraction of sp³-hybridized carbons (Fsp3) is 0.571. The minimum atomic E-state index is -0.521. The van der Waals surface area contributed by atoms with E-state index in [2.05, 4.69) is 16.4 Å². The van der Waals surface area contributed by atoms with Crippen LogP contribution in [0.1, 0.15) is 44.0 Å². The Hall–Kier alpha value is -1.42. The Labute approximate surface area is 108 Å². The average Bonchev–Trinajstić information content (AvgIpc) is 2.36. The maximum absolute atomic E-state index is 11.3. The summed E-state index contributed by atoms with van der Waals surface area (Å²) in [5.74, 6) is -0.271. The topological polar surface area (TPSA) is 68.0 Å². The van der Waals surface area contributed by atoms with Crippen molar-refractivity contribution in [3.63, 3.8) is 0 Å². The van der Waals surface area contributed by atoms with E-state index < -0.39 is 5.41 Å². The van der Waals surface area contributed by atoms with Crippen LogP contribution in [0.3, 0.4) is 0 Å². The Morgan fingerprint density at radius 2 is 2.39 bits per heavy atom. The second-order valence-electron chi connectivity index (χ2n) is 5.62. The molecule has 3 N–H and O–H groups in total. The van der Waals surface area contributed by atoms with E-state index in [9.17, 15) is 4.79 Å². The van der Waals surface area contributed by atoms with Crippen molar-refractivity contribution in [1.29, 1.82) is 0 Å². The second-order valence-corrected chi connectivity index (χ2v) is 5.62. The van der Waals surface area contributed by atoms with E-state index in [1.165, 1.54) is 5.56 Å². The summed E-state index contributed by atoms with van der Waals surface area (Å²) in [4.78, 5) is 15.8. The molecule has 0 radical (unpaired) electrons. The molecule has 1 aliphatic carbocycles. The maximum Gasteiger partial charge on any atom is 0.224 e. The van der Waals surface area contributed by atoms with Crippen LogP contribution in [0.25, 0.3) is 0 Å². The fourth-order valence-corrected chi connectivity index (χ4v) is 2.27. The number of aromatic nitrogens is 1. The highest BCUT2D eigenvalue weighted by Gasteiger charge is 2.28. The molecule has 1 aliphatic rings. The first-order valence-corrected chi connectivity index (χ1v) is 6.48. The van der Waals surface area contributed by atoms with Gasteiger partial charge in [-0.05, 0) is 44.7 Å². The van der Waals surface area contributed by atoms with Crippen molar-refractivity contribution in [2.45, 2.75) is 39.2 Å². The van der Waals surface area contributed by atoms with Crippen LogP contribution in [0.4, 0.5) is 0 Å². The van der Waals surface area contributed by atoms with Crippen LogP contribution in [-0.2, 0) is 11.2 Å². The van der Waals surface area contributed by atoms with Gasteiger partial charge >= 0.3 is 0 Å². The number of rotatable bonds is 4. The summed E-state index contributed by atoms with van der Waals surface area (Å²) >= 11 is 0.